The summed E-state index contributed by atoms with van der Waals surface area (Å²) in [5, 5.41) is 0. The van der Waals surface area contributed by atoms with Crippen LogP contribution in [-0.4, -0.2) is 0 Å². The molecule has 1 radical (unpaired) electrons. The van der Waals surface area contributed by atoms with E-state index >= 15 is 0 Å². The molecular formula is C18H37Ru. The standard InChI is InChI=1S/C18H37.Ru/c1-3-5-7-9-11-13-15-17-18-16-14-12-10-8-6-4-2;/h1,3-18H2,2H3;/q-1;+1. The van der Waals surface area contributed by atoms with Crippen molar-refractivity contribution in [1.82, 2.24) is 0 Å². The zero-order valence-electron chi connectivity index (χ0n) is 13.4. The predicted molar refractivity (Wildman–Crippen MR) is 84.9 cm³/mol. The van der Waals surface area contributed by atoms with Gasteiger partial charge in [0.15, 0.2) is 0 Å². The minimum Gasteiger partial charge on any atom is -0.343 e. The molecule has 0 rings (SSSR count). The zero-order chi connectivity index (χ0) is 13.3. The van der Waals surface area contributed by atoms with Gasteiger partial charge in [0.05, 0.1) is 0 Å². The smallest absolute Gasteiger partial charge is 0.343 e. The van der Waals surface area contributed by atoms with E-state index in [-0.39, 0.29) is 19.5 Å². The van der Waals surface area contributed by atoms with Crippen LogP contribution in [0.15, 0.2) is 0 Å². The van der Waals surface area contributed by atoms with Crippen LogP contribution in [-0.2, 0) is 19.5 Å². The van der Waals surface area contributed by atoms with E-state index in [4.69, 9.17) is 0 Å². The largest absolute Gasteiger partial charge is 1.00 e. The van der Waals surface area contributed by atoms with Gasteiger partial charge in [-0.1, -0.05) is 103 Å². The summed E-state index contributed by atoms with van der Waals surface area (Å²) in [7, 11) is 0. The summed E-state index contributed by atoms with van der Waals surface area (Å²) in [6.45, 7) is 6.18. The summed E-state index contributed by atoms with van der Waals surface area (Å²) in [5.74, 6) is 0. The molecule has 117 valence electrons. The van der Waals surface area contributed by atoms with Crippen molar-refractivity contribution in [3.05, 3.63) is 6.92 Å². The molecule has 0 atom stereocenters. The summed E-state index contributed by atoms with van der Waals surface area (Å²) in [6.07, 6.45) is 22.8. The first kappa shape index (κ1) is 21.9. The van der Waals surface area contributed by atoms with Gasteiger partial charge < -0.3 is 6.92 Å². The Kier molecular flexibility index (Phi) is 24.1. The third-order valence-corrected chi connectivity index (χ3v) is 3.85. The summed E-state index contributed by atoms with van der Waals surface area (Å²) < 4.78 is 0. The van der Waals surface area contributed by atoms with E-state index in [1.807, 2.05) is 0 Å². The summed E-state index contributed by atoms with van der Waals surface area (Å²) in [4.78, 5) is 0. The Bertz CT molecular complexity index is 118. The summed E-state index contributed by atoms with van der Waals surface area (Å²) >= 11 is 0. The quantitative estimate of drug-likeness (QED) is 0.167. The van der Waals surface area contributed by atoms with E-state index in [0.717, 1.165) is 6.42 Å². The van der Waals surface area contributed by atoms with Crippen LogP contribution in [0.3, 0.4) is 0 Å². The van der Waals surface area contributed by atoms with Gasteiger partial charge in [0.25, 0.3) is 0 Å². The summed E-state index contributed by atoms with van der Waals surface area (Å²) in [6, 6.07) is 0. The van der Waals surface area contributed by atoms with Crippen LogP contribution in [0, 0.1) is 6.92 Å². The second-order valence-corrected chi connectivity index (χ2v) is 5.80. The van der Waals surface area contributed by atoms with Crippen molar-refractivity contribution < 1.29 is 19.5 Å². The number of hydrogen-bond acceptors (Lipinski definition) is 0. The van der Waals surface area contributed by atoms with Crippen LogP contribution in [0.2, 0.25) is 0 Å². The van der Waals surface area contributed by atoms with Crippen molar-refractivity contribution in [2.24, 2.45) is 0 Å². The molecule has 0 aliphatic carbocycles. The molecule has 0 amide bonds. The average Bonchev–Trinajstić information content (AvgIpc) is 2.39. The Morgan fingerprint density at radius 2 is 0.737 bits per heavy atom. The van der Waals surface area contributed by atoms with Crippen LogP contribution < -0.4 is 0 Å². The molecule has 0 bridgehead atoms. The third kappa shape index (κ3) is 21.1. The molecule has 1 heteroatoms. The van der Waals surface area contributed by atoms with Crippen molar-refractivity contribution in [1.29, 1.82) is 0 Å². The maximum atomic E-state index is 3.88. The SMILES string of the molecule is [CH2-]CCCCCCCCCCCCCCCCC.[Ru+]. The molecular weight excluding hydrogens is 317 g/mol. The van der Waals surface area contributed by atoms with Crippen LogP contribution in [0.25, 0.3) is 0 Å². The van der Waals surface area contributed by atoms with Gasteiger partial charge in [-0.2, -0.15) is 6.42 Å². The van der Waals surface area contributed by atoms with Gasteiger partial charge in [-0.15, -0.1) is 0 Å². The van der Waals surface area contributed by atoms with Gasteiger partial charge in [0.2, 0.25) is 0 Å². The molecule has 0 aliphatic heterocycles. The molecule has 0 unspecified atom stereocenters. The Balaban J connectivity index is 0. The Morgan fingerprint density at radius 3 is 1.00 bits per heavy atom. The molecule has 0 N–H and O–H groups in total. The van der Waals surface area contributed by atoms with Crippen LogP contribution in [0.4, 0.5) is 0 Å². The first-order chi connectivity index (χ1) is 8.91. The molecule has 0 saturated carbocycles. The van der Waals surface area contributed by atoms with Gasteiger partial charge in [-0.3, -0.25) is 0 Å². The molecule has 0 aromatic rings. The minimum absolute atomic E-state index is 0. The van der Waals surface area contributed by atoms with E-state index in [1.165, 1.54) is 96.3 Å². The van der Waals surface area contributed by atoms with E-state index in [2.05, 4.69) is 13.8 Å². The molecule has 0 fully saturated rings. The maximum absolute atomic E-state index is 3.88. The normalized spacial score (nSPS) is 10.4. The molecule has 0 aromatic heterocycles. The van der Waals surface area contributed by atoms with Crippen molar-refractivity contribution in [3.8, 4) is 0 Å². The molecule has 0 heterocycles. The Hall–Kier alpha value is 0.623. The second kappa shape index (κ2) is 20.9. The number of rotatable bonds is 15. The summed E-state index contributed by atoms with van der Waals surface area (Å²) in [5.41, 5.74) is 0. The molecule has 0 spiro atoms. The first-order valence-electron chi connectivity index (χ1n) is 8.71. The fourth-order valence-corrected chi connectivity index (χ4v) is 2.55. The van der Waals surface area contributed by atoms with Crippen molar-refractivity contribution in [2.75, 3.05) is 0 Å². The molecule has 19 heavy (non-hydrogen) atoms. The van der Waals surface area contributed by atoms with E-state index in [0.29, 0.717) is 0 Å². The number of unbranched alkanes of at least 4 members (excludes halogenated alkanes) is 15. The van der Waals surface area contributed by atoms with E-state index < -0.39 is 0 Å². The maximum Gasteiger partial charge on any atom is 1.00 e. The zero-order valence-corrected chi connectivity index (χ0v) is 15.1. The predicted octanol–water partition coefficient (Wildman–Crippen LogP) is 7.08. The van der Waals surface area contributed by atoms with Crippen LogP contribution in [0.5, 0.6) is 0 Å². The second-order valence-electron chi connectivity index (χ2n) is 5.80. The Morgan fingerprint density at radius 1 is 0.474 bits per heavy atom. The first-order valence-corrected chi connectivity index (χ1v) is 8.71. The molecule has 0 aromatic carbocycles. The van der Waals surface area contributed by atoms with E-state index in [1.54, 1.807) is 0 Å². The monoisotopic (exact) mass is 355 g/mol. The number of hydrogen-bond donors (Lipinski definition) is 0. The van der Waals surface area contributed by atoms with Crippen LogP contribution in [0.1, 0.15) is 110 Å². The average molecular weight is 355 g/mol. The topological polar surface area (TPSA) is 0 Å². The molecule has 0 aliphatic rings. The Labute approximate surface area is 136 Å². The molecule has 0 saturated heterocycles. The van der Waals surface area contributed by atoms with Crippen LogP contribution >= 0.6 is 0 Å². The van der Waals surface area contributed by atoms with Crippen molar-refractivity contribution >= 4 is 0 Å². The fourth-order valence-electron chi connectivity index (χ4n) is 2.55. The van der Waals surface area contributed by atoms with Crippen molar-refractivity contribution in [3.63, 3.8) is 0 Å². The third-order valence-electron chi connectivity index (χ3n) is 3.85. The van der Waals surface area contributed by atoms with Gasteiger partial charge in [-0.25, -0.2) is 0 Å². The van der Waals surface area contributed by atoms with Gasteiger partial charge in [0, 0.05) is 0 Å². The van der Waals surface area contributed by atoms with Crippen molar-refractivity contribution in [2.45, 2.75) is 110 Å². The minimum atomic E-state index is 0. The van der Waals surface area contributed by atoms with E-state index in [9.17, 15) is 0 Å². The van der Waals surface area contributed by atoms with Gasteiger partial charge in [-0.05, 0) is 0 Å². The van der Waals surface area contributed by atoms with Gasteiger partial charge >= 0.3 is 19.5 Å². The fraction of sp³-hybridized carbons (Fsp3) is 0.944. The molecule has 0 nitrogen and oxygen atoms in total. The van der Waals surface area contributed by atoms with Gasteiger partial charge in [0.1, 0.15) is 0 Å².